The minimum Gasteiger partial charge on any atom is -0.342 e. The summed E-state index contributed by atoms with van der Waals surface area (Å²) < 4.78 is 0. The zero-order chi connectivity index (χ0) is 20.5. The van der Waals surface area contributed by atoms with Crippen LogP contribution in [0.4, 0.5) is 5.13 Å². The van der Waals surface area contributed by atoms with Crippen molar-refractivity contribution < 1.29 is 9.59 Å². The van der Waals surface area contributed by atoms with E-state index >= 15 is 0 Å². The summed E-state index contributed by atoms with van der Waals surface area (Å²) in [5.74, 6) is 0.0905. The summed E-state index contributed by atoms with van der Waals surface area (Å²) in [6, 6.07) is 8.26. The van der Waals surface area contributed by atoms with Crippen LogP contribution in [0.2, 0.25) is 0 Å². The summed E-state index contributed by atoms with van der Waals surface area (Å²) in [4.78, 5) is 32.7. The van der Waals surface area contributed by atoms with Crippen LogP contribution >= 0.6 is 11.3 Å². The second-order valence-corrected chi connectivity index (χ2v) is 9.80. The third-order valence-electron chi connectivity index (χ3n) is 5.15. The van der Waals surface area contributed by atoms with Crippen LogP contribution in [-0.2, 0) is 9.59 Å². The van der Waals surface area contributed by atoms with E-state index in [-0.39, 0.29) is 23.1 Å². The van der Waals surface area contributed by atoms with Gasteiger partial charge < -0.3 is 10.2 Å². The van der Waals surface area contributed by atoms with E-state index in [1.165, 1.54) is 16.9 Å². The molecule has 0 saturated carbocycles. The number of likely N-dealkylation sites (tertiary alicyclic amines) is 1. The molecule has 2 amide bonds. The van der Waals surface area contributed by atoms with Crippen molar-refractivity contribution in [3.63, 3.8) is 0 Å². The van der Waals surface area contributed by atoms with E-state index in [1.807, 2.05) is 32.6 Å². The van der Waals surface area contributed by atoms with Gasteiger partial charge in [-0.15, -0.1) is 11.3 Å². The van der Waals surface area contributed by atoms with Crippen molar-refractivity contribution in [1.82, 2.24) is 9.88 Å². The van der Waals surface area contributed by atoms with Crippen LogP contribution in [0.15, 0.2) is 24.3 Å². The van der Waals surface area contributed by atoms with E-state index in [1.54, 1.807) is 0 Å². The molecule has 2 aromatic rings. The largest absolute Gasteiger partial charge is 0.342 e. The lowest BCUT2D eigenvalue weighted by Crippen LogP contribution is -2.45. The number of carbonyl (C=O) groups is 2. The van der Waals surface area contributed by atoms with Crippen LogP contribution in [0.5, 0.6) is 0 Å². The number of nitrogens with zero attached hydrogens (tertiary/aromatic N) is 2. The molecular formula is C22H29N3O2S. The van der Waals surface area contributed by atoms with Crippen LogP contribution < -0.4 is 5.32 Å². The van der Waals surface area contributed by atoms with Gasteiger partial charge in [0, 0.05) is 34.9 Å². The number of piperidine rings is 1. The number of aromatic nitrogens is 1. The maximum Gasteiger partial charge on any atom is 0.229 e. The molecule has 0 unspecified atom stereocenters. The van der Waals surface area contributed by atoms with Gasteiger partial charge in [0.25, 0.3) is 0 Å². The molecule has 0 atom stereocenters. The van der Waals surface area contributed by atoms with E-state index in [9.17, 15) is 9.59 Å². The maximum atomic E-state index is 12.7. The Morgan fingerprint density at radius 1 is 1.11 bits per heavy atom. The maximum absolute atomic E-state index is 12.7. The molecule has 5 nitrogen and oxygen atoms in total. The number of amides is 2. The van der Waals surface area contributed by atoms with E-state index in [4.69, 9.17) is 0 Å². The quantitative estimate of drug-likeness (QED) is 0.817. The third-order valence-corrected chi connectivity index (χ3v) is 6.03. The highest BCUT2D eigenvalue weighted by Crippen LogP contribution is 2.31. The van der Waals surface area contributed by atoms with E-state index in [2.05, 4.69) is 41.5 Å². The number of nitrogens with one attached hydrogen (secondary N) is 1. The van der Waals surface area contributed by atoms with E-state index in [0.29, 0.717) is 31.1 Å². The average Bonchev–Trinajstić information content (AvgIpc) is 3.01. The summed E-state index contributed by atoms with van der Waals surface area (Å²) in [6.45, 7) is 11.2. The van der Waals surface area contributed by atoms with Gasteiger partial charge in [0.15, 0.2) is 5.13 Å². The molecule has 1 fully saturated rings. The molecule has 0 aliphatic carbocycles. The normalized spacial score (nSPS) is 15.5. The monoisotopic (exact) mass is 399 g/mol. The molecule has 1 aliphatic heterocycles. The lowest BCUT2D eigenvalue weighted by atomic mass is 9.91. The van der Waals surface area contributed by atoms with Crippen LogP contribution in [0.3, 0.4) is 0 Å². The molecule has 0 spiro atoms. The Balaban J connectivity index is 1.61. The predicted molar refractivity (Wildman–Crippen MR) is 114 cm³/mol. The van der Waals surface area contributed by atoms with Crippen molar-refractivity contribution in [3.8, 4) is 11.3 Å². The smallest absolute Gasteiger partial charge is 0.229 e. The van der Waals surface area contributed by atoms with Crippen LogP contribution in [0, 0.1) is 25.2 Å². The number of anilines is 1. The van der Waals surface area contributed by atoms with Gasteiger partial charge in [0.1, 0.15) is 0 Å². The molecule has 0 bridgehead atoms. The Hall–Kier alpha value is -2.21. The van der Waals surface area contributed by atoms with Crippen molar-refractivity contribution in [2.45, 2.75) is 47.5 Å². The molecule has 1 aromatic carbocycles. The van der Waals surface area contributed by atoms with Crippen LogP contribution in [-0.4, -0.2) is 34.8 Å². The number of aryl methyl sites for hydroxylation is 2. The Morgan fingerprint density at radius 3 is 2.29 bits per heavy atom. The number of thiazole rings is 1. The summed E-state index contributed by atoms with van der Waals surface area (Å²) in [5, 5.41) is 3.64. The Bertz CT molecular complexity index is 857. The molecule has 150 valence electrons. The fraction of sp³-hybridized carbons (Fsp3) is 0.500. The van der Waals surface area contributed by atoms with Crippen molar-refractivity contribution in [3.05, 3.63) is 34.7 Å². The highest BCUT2D eigenvalue weighted by Gasteiger charge is 2.32. The van der Waals surface area contributed by atoms with Gasteiger partial charge in [-0.3, -0.25) is 9.59 Å². The minimum absolute atomic E-state index is 0.00654. The topological polar surface area (TPSA) is 62.3 Å². The van der Waals surface area contributed by atoms with Crippen molar-refractivity contribution in [2.75, 3.05) is 18.4 Å². The Labute approximate surface area is 171 Å². The summed E-state index contributed by atoms with van der Waals surface area (Å²) in [5.41, 5.74) is 2.82. The molecule has 3 rings (SSSR count). The third kappa shape index (κ3) is 4.61. The first-order valence-corrected chi connectivity index (χ1v) is 10.6. The second-order valence-electron chi connectivity index (χ2n) is 8.60. The molecular weight excluding hydrogens is 370 g/mol. The van der Waals surface area contributed by atoms with Gasteiger partial charge in [-0.05, 0) is 26.7 Å². The van der Waals surface area contributed by atoms with Gasteiger partial charge >= 0.3 is 0 Å². The van der Waals surface area contributed by atoms with Gasteiger partial charge in [0.05, 0.1) is 5.69 Å². The average molecular weight is 400 g/mol. The number of hydrogen-bond donors (Lipinski definition) is 1. The van der Waals surface area contributed by atoms with E-state index < -0.39 is 0 Å². The van der Waals surface area contributed by atoms with E-state index in [0.717, 1.165) is 16.1 Å². The molecule has 1 N–H and O–H groups in total. The SMILES string of the molecule is Cc1ccc(-c2nc(NC(=O)C3CCN(C(=O)C(C)(C)C)CC3)sc2C)cc1. The van der Waals surface area contributed by atoms with Crippen molar-refractivity contribution in [1.29, 1.82) is 0 Å². The van der Waals surface area contributed by atoms with Gasteiger partial charge in [-0.1, -0.05) is 50.6 Å². The van der Waals surface area contributed by atoms with Crippen LogP contribution in [0.1, 0.15) is 44.1 Å². The Morgan fingerprint density at radius 2 is 1.71 bits per heavy atom. The Kier molecular flexibility index (Phi) is 5.89. The molecule has 28 heavy (non-hydrogen) atoms. The standard InChI is InChI=1S/C22H29N3O2S/c1-14-6-8-16(9-7-14)18-15(2)28-21(23-18)24-19(26)17-10-12-25(13-11-17)20(27)22(3,4)5/h6-9,17H,10-13H2,1-5H3,(H,23,24,26). The minimum atomic E-state index is -0.375. The fourth-order valence-electron chi connectivity index (χ4n) is 3.46. The fourth-order valence-corrected chi connectivity index (χ4v) is 4.29. The molecule has 6 heteroatoms. The molecule has 1 saturated heterocycles. The van der Waals surface area contributed by atoms with Crippen LogP contribution in [0.25, 0.3) is 11.3 Å². The number of carbonyl (C=O) groups excluding carboxylic acids is 2. The number of hydrogen-bond acceptors (Lipinski definition) is 4. The van der Waals surface area contributed by atoms with Gasteiger partial charge in [-0.2, -0.15) is 0 Å². The zero-order valence-corrected chi connectivity index (χ0v) is 18.2. The first kappa shape index (κ1) is 20.5. The molecule has 1 aliphatic rings. The first-order valence-electron chi connectivity index (χ1n) is 9.80. The molecule has 0 radical (unpaired) electrons. The first-order chi connectivity index (χ1) is 13.1. The summed E-state index contributed by atoms with van der Waals surface area (Å²) in [7, 11) is 0. The highest BCUT2D eigenvalue weighted by molar-refractivity contribution is 7.16. The zero-order valence-electron chi connectivity index (χ0n) is 17.3. The van der Waals surface area contributed by atoms with Gasteiger partial charge in [-0.25, -0.2) is 4.98 Å². The summed E-state index contributed by atoms with van der Waals surface area (Å²) >= 11 is 1.51. The van der Waals surface area contributed by atoms with Crippen molar-refractivity contribution >= 4 is 28.3 Å². The number of benzene rings is 1. The summed E-state index contributed by atoms with van der Waals surface area (Å²) in [6.07, 6.45) is 1.39. The molecule has 1 aromatic heterocycles. The van der Waals surface area contributed by atoms with Crippen molar-refractivity contribution in [2.24, 2.45) is 11.3 Å². The highest BCUT2D eigenvalue weighted by atomic mass is 32.1. The second kappa shape index (κ2) is 8.03. The predicted octanol–water partition coefficient (Wildman–Crippen LogP) is 4.65. The van der Waals surface area contributed by atoms with Gasteiger partial charge in [0.2, 0.25) is 11.8 Å². The lowest BCUT2D eigenvalue weighted by Gasteiger charge is -2.35. The lowest BCUT2D eigenvalue weighted by molar-refractivity contribution is -0.142. The number of rotatable bonds is 3. The molecule has 2 heterocycles.